The zero-order chi connectivity index (χ0) is 16.0. The minimum Gasteiger partial charge on any atom is -0.334 e. The normalized spacial score (nSPS) is 25.6. The number of rotatable bonds is 2. The largest absolute Gasteiger partial charge is 0.334 e. The van der Waals surface area contributed by atoms with Crippen LogP contribution in [-0.4, -0.2) is 58.1 Å². The monoisotopic (exact) mass is 312 g/mol. The van der Waals surface area contributed by atoms with Crippen LogP contribution in [0.25, 0.3) is 10.9 Å². The summed E-state index contributed by atoms with van der Waals surface area (Å²) >= 11 is 0. The molecule has 5 heteroatoms. The van der Waals surface area contributed by atoms with Crippen molar-refractivity contribution in [2.75, 3.05) is 20.1 Å². The predicted octanol–water partition coefficient (Wildman–Crippen LogP) is 2.57. The lowest BCUT2D eigenvalue weighted by Gasteiger charge is -2.33. The first kappa shape index (κ1) is 14.7. The van der Waals surface area contributed by atoms with E-state index in [9.17, 15) is 4.79 Å². The van der Waals surface area contributed by atoms with Gasteiger partial charge in [-0.05, 0) is 63.9 Å². The van der Waals surface area contributed by atoms with Crippen LogP contribution in [0.1, 0.15) is 41.6 Å². The number of hydrogen-bond acceptors (Lipinski definition) is 3. The molecule has 0 bridgehead atoms. The van der Waals surface area contributed by atoms with Crippen LogP contribution in [-0.2, 0) is 0 Å². The first-order valence-electron chi connectivity index (χ1n) is 8.60. The predicted molar refractivity (Wildman–Crippen MR) is 90.5 cm³/mol. The standard InChI is InChI=1S/C18H24N4O/c1-12-9-13-11-19-20-17(13)14(10-12)18(23)22-8-4-6-16(22)15-5-3-7-21(15)2/h9-11,15-16H,3-8H2,1-2H3,(H,19,20)/t15-,16+/m1/s1. The summed E-state index contributed by atoms with van der Waals surface area (Å²) in [5.74, 6) is 0.158. The molecule has 1 N–H and O–H groups in total. The summed E-state index contributed by atoms with van der Waals surface area (Å²) in [6.45, 7) is 4.06. The molecule has 0 aliphatic carbocycles. The van der Waals surface area contributed by atoms with Crippen LogP contribution >= 0.6 is 0 Å². The number of benzene rings is 1. The van der Waals surface area contributed by atoms with E-state index in [1.54, 1.807) is 6.20 Å². The van der Waals surface area contributed by atoms with Crippen LogP contribution in [0.5, 0.6) is 0 Å². The Bertz CT molecular complexity index is 738. The lowest BCUT2D eigenvalue weighted by molar-refractivity contribution is 0.0666. The van der Waals surface area contributed by atoms with Crippen molar-refractivity contribution in [2.24, 2.45) is 0 Å². The topological polar surface area (TPSA) is 52.2 Å². The second-order valence-electron chi connectivity index (χ2n) is 7.05. The van der Waals surface area contributed by atoms with Gasteiger partial charge in [-0.15, -0.1) is 0 Å². The van der Waals surface area contributed by atoms with E-state index >= 15 is 0 Å². The van der Waals surface area contributed by atoms with Gasteiger partial charge in [0, 0.05) is 24.0 Å². The summed E-state index contributed by atoms with van der Waals surface area (Å²) in [5, 5.41) is 8.14. The van der Waals surface area contributed by atoms with Gasteiger partial charge in [0.05, 0.1) is 17.3 Å². The van der Waals surface area contributed by atoms with Gasteiger partial charge in [-0.3, -0.25) is 9.89 Å². The van der Waals surface area contributed by atoms with Crippen molar-refractivity contribution < 1.29 is 4.79 Å². The molecule has 3 heterocycles. The van der Waals surface area contributed by atoms with Crippen molar-refractivity contribution in [1.29, 1.82) is 0 Å². The Morgan fingerprint density at radius 1 is 1.22 bits per heavy atom. The first-order valence-corrected chi connectivity index (χ1v) is 8.60. The van der Waals surface area contributed by atoms with E-state index in [0.717, 1.165) is 48.0 Å². The average molecular weight is 312 g/mol. The minimum absolute atomic E-state index is 0.158. The van der Waals surface area contributed by atoms with Crippen LogP contribution in [0.2, 0.25) is 0 Å². The Morgan fingerprint density at radius 2 is 2.00 bits per heavy atom. The fourth-order valence-electron chi connectivity index (χ4n) is 4.40. The summed E-state index contributed by atoms with van der Waals surface area (Å²) in [5.41, 5.74) is 2.74. The van der Waals surface area contributed by atoms with E-state index < -0.39 is 0 Å². The number of nitrogens with one attached hydrogen (secondary N) is 1. The zero-order valence-corrected chi connectivity index (χ0v) is 13.9. The molecule has 0 unspecified atom stereocenters. The highest BCUT2D eigenvalue weighted by molar-refractivity contribution is 6.06. The molecule has 2 aromatic rings. The van der Waals surface area contributed by atoms with Gasteiger partial charge in [0.1, 0.15) is 0 Å². The number of likely N-dealkylation sites (N-methyl/N-ethyl adjacent to an activating group) is 1. The third-order valence-corrected chi connectivity index (χ3v) is 5.50. The number of H-pyrrole nitrogens is 1. The smallest absolute Gasteiger partial charge is 0.256 e. The number of aryl methyl sites for hydroxylation is 1. The number of amides is 1. The maximum atomic E-state index is 13.2. The summed E-state index contributed by atoms with van der Waals surface area (Å²) in [6, 6.07) is 4.94. The third-order valence-electron chi connectivity index (χ3n) is 5.50. The fourth-order valence-corrected chi connectivity index (χ4v) is 4.40. The number of likely N-dealkylation sites (tertiary alicyclic amines) is 2. The number of aromatic amines is 1. The number of nitrogens with zero attached hydrogens (tertiary/aromatic N) is 3. The molecule has 2 aliphatic rings. The van der Waals surface area contributed by atoms with E-state index in [0.29, 0.717) is 12.1 Å². The summed E-state index contributed by atoms with van der Waals surface area (Å²) in [4.78, 5) is 17.8. The Labute approximate surface area is 136 Å². The summed E-state index contributed by atoms with van der Waals surface area (Å²) in [6.07, 6.45) is 6.48. The quantitative estimate of drug-likeness (QED) is 0.927. The molecule has 0 spiro atoms. The van der Waals surface area contributed by atoms with Gasteiger partial charge in [0.25, 0.3) is 5.91 Å². The molecule has 23 heavy (non-hydrogen) atoms. The van der Waals surface area contributed by atoms with Gasteiger partial charge in [0.2, 0.25) is 0 Å². The molecule has 0 saturated carbocycles. The molecule has 4 rings (SSSR count). The fraction of sp³-hybridized carbons (Fsp3) is 0.556. The maximum absolute atomic E-state index is 13.2. The Hall–Kier alpha value is -1.88. The van der Waals surface area contributed by atoms with Gasteiger partial charge in [-0.1, -0.05) is 0 Å². The van der Waals surface area contributed by atoms with Crippen LogP contribution in [0, 0.1) is 6.92 Å². The van der Waals surface area contributed by atoms with Crippen molar-refractivity contribution in [1.82, 2.24) is 20.0 Å². The van der Waals surface area contributed by atoms with Crippen LogP contribution in [0.3, 0.4) is 0 Å². The number of carbonyl (C=O) groups is 1. The van der Waals surface area contributed by atoms with E-state index in [1.165, 1.54) is 12.8 Å². The van der Waals surface area contributed by atoms with E-state index in [1.807, 2.05) is 13.0 Å². The number of hydrogen-bond donors (Lipinski definition) is 1. The maximum Gasteiger partial charge on any atom is 0.256 e. The lowest BCUT2D eigenvalue weighted by atomic mass is 10.0. The zero-order valence-electron chi connectivity index (χ0n) is 13.9. The second kappa shape index (κ2) is 5.64. The Kier molecular flexibility index (Phi) is 3.60. The van der Waals surface area contributed by atoms with E-state index in [2.05, 4.69) is 33.1 Å². The van der Waals surface area contributed by atoms with Gasteiger partial charge in [-0.2, -0.15) is 5.10 Å². The SMILES string of the molecule is Cc1cc(C(=O)N2CCC[C@H]2[C@H]2CCCN2C)c2[nH]ncc2c1. The molecule has 5 nitrogen and oxygen atoms in total. The highest BCUT2D eigenvalue weighted by Crippen LogP contribution is 2.31. The van der Waals surface area contributed by atoms with Gasteiger partial charge < -0.3 is 9.80 Å². The van der Waals surface area contributed by atoms with Crippen molar-refractivity contribution in [3.63, 3.8) is 0 Å². The number of aromatic nitrogens is 2. The summed E-state index contributed by atoms with van der Waals surface area (Å²) in [7, 11) is 2.19. The van der Waals surface area contributed by atoms with E-state index in [-0.39, 0.29) is 5.91 Å². The number of carbonyl (C=O) groups excluding carboxylic acids is 1. The molecule has 2 saturated heterocycles. The molecule has 2 atom stereocenters. The molecule has 1 aromatic heterocycles. The average Bonchev–Trinajstić information content (AvgIpc) is 3.24. The van der Waals surface area contributed by atoms with Crippen molar-refractivity contribution in [3.05, 3.63) is 29.5 Å². The van der Waals surface area contributed by atoms with Gasteiger partial charge in [-0.25, -0.2) is 0 Å². The molecular formula is C18H24N4O. The summed E-state index contributed by atoms with van der Waals surface area (Å²) < 4.78 is 0. The Morgan fingerprint density at radius 3 is 2.78 bits per heavy atom. The minimum atomic E-state index is 0.158. The highest BCUT2D eigenvalue weighted by Gasteiger charge is 2.39. The molecule has 122 valence electrons. The highest BCUT2D eigenvalue weighted by atomic mass is 16.2. The van der Waals surface area contributed by atoms with Crippen molar-refractivity contribution in [3.8, 4) is 0 Å². The van der Waals surface area contributed by atoms with E-state index in [4.69, 9.17) is 0 Å². The van der Waals surface area contributed by atoms with Gasteiger partial charge >= 0.3 is 0 Å². The molecule has 2 aliphatic heterocycles. The Balaban J connectivity index is 1.68. The third kappa shape index (κ3) is 2.43. The second-order valence-corrected chi connectivity index (χ2v) is 7.05. The number of fused-ring (bicyclic) bond motifs is 1. The van der Waals surface area contributed by atoms with Crippen LogP contribution in [0.4, 0.5) is 0 Å². The first-order chi connectivity index (χ1) is 11.1. The van der Waals surface area contributed by atoms with Crippen LogP contribution < -0.4 is 0 Å². The molecular weight excluding hydrogens is 288 g/mol. The van der Waals surface area contributed by atoms with Crippen molar-refractivity contribution >= 4 is 16.8 Å². The van der Waals surface area contributed by atoms with Crippen molar-refractivity contribution in [2.45, 2.75) is 44.7 Å². The molecule has 1 aromatic carbocycles. The van der Waals surface area contributed by atoms with Crippen LogP contribution in [0.15, 0.2) is 18.3 Å². The molecule has 1 amide bonds. The molecule has 2 fully saturated rings. The lowest BCUT2D eigenvalue weighted by Crippen LogP contribution is -2.47. The molecule has 0 radical (unpaired) electrons. The van der Waals surface area contributed by atoms with Gasteiger partial charge in [0.15, 0.2) is 0 Å².